The predicted molar refractivity (Wildman–Crippen MR) is 81.5 cm³/mol. The Labute approximate surface area is 126 Å². The fourth-order valence-corrected chi connectivity index (χ4v) is 3.15. The Morgan fingerprint density at radius 2 is 2.14 bits per heavy atom. The van der Waals surface area contributed by atoms with Gasteiger partial charge in [-0.25, -0.2) is 9.69 Å². The second-order valence-electron chi connectivity index (χ2n) is 5.74. The Hall–Kier alpha value is -1.95. The lowest BCUT2D eigenvalue weighted by Crippen LogP contribution is -2.22. The van der Waals surface area contributed by atoms with Crippen molar-refractivity contribution in [2.75, 3.05) is 0 Å². The summed E-state index contributed by atoms with van der Waals surface area (Å²) in [4.78, 5) is 13.6. The van der Waals surface area contributed by atoms with Gasteiger partial charge >= 0.3 is 6.09 Å². The average Bonchev–Trinajstić information content (AvgIpc) is 2.98. The molecule has 2 atom stereocenters. The normalized spacial score (nSPS) is 22.3. The largest absolute Gasteiger partial charge is 0.442 e. The van der Waals surface area contributed by atoms with E-state index >= 15 is 0 Å². The number of nitrogens with zero attached hydrogens (tertiary/aromatic N) is 1. The standard InChI is InChI=1S/C18H21NO2/c1-2-3-4-5-6-9-12-19-17-15-11-8-7-10-14(15)13-16(17)21-18(19)20/h7-8,10-11,16-17H,2-6,13H2,1H3/t16-,17+/m1/s1. The second kappa shape index (κ2) is 6.22. The van der Waals surface area contributed by atoms with E-state index in [-0.39, 0.29) is 18.2 Å². The molecule has 3 heteroatoms. The summed E-state index contributed by atoms with van der Waals surface area (Å²) in [6, 6.07) is 11.3. The first-order valence-electron chi connectivity index (χ1n) is 7.87. The van der Waals surface area contributed by atoms with Crippen LogP contribution in [0.25, 0.3) is 0 Å². The van der Waals surface area contributed by atoms with Crippen molar-refractivity contribution in [1.82, 2.24) is 4.90 Å². The lowest BCUT2D eigenvalue weighted by atomic mass is 10.1. The van der Waals surface area contributed by atoms with E-state index in [1.807, 2.05) is 12.1 Å². The van der Waals surface area contributed by atoms with Gasteiger partial charge in [-0.2, -0.15) is 0 Å². The van der Waals surface area contributed by atoms with Gasteiger partial charge < -0.3 is 4.74 Å². The lowest BCUT2D eigenvalue weighted by Gasteiger charge is -2.14. The van der Waals surface area contributed by atoms with Crippen LogP contribution in [0.15, 0.2) is 24.3 Å². The van der Waals surface area contributed by atoms with Gasteiger partial charge in [0.15, 0.2) is 0 Å². The molecule has 0 N–H and O–H groups in total. The summed E-state index contributed by atoms with van der Waals surface area (Å²) in [5, 5.41) is 0. The van der Waals surface area contributed by atoms with Crippen LogP contribution in [0.2, 0.25) is 0 Å². The Bertz CT molecular complexity index is 584. The lowest BCUT2D eigenvalue weighted by molar-refractivity contribution is 0.134. The summed E-state index contributed by atoms with van der Waals surface area (Å²) < 4.78 is 5.46. The van der Waals surface area contributed by atoms with E-state index in [0.29, 0.717) is 0 Å². The summed E-state index contributed by atoms with van der Waals surface area (Å²) in [7, 11) is 0. The van der Waals surface area contributed by atoms with E-state index in [1.54, 1.807) is 4.90 Å². The van der Waals surface area contributed by atoms with Crippen molar-refractivity contribution in [2.24, 2.45) is 0 Å². The first-order chi connectivity index (χ1) is 10.3. The number of fused-ring (bicyclic) bond motifs is 3. The summed E-state index contributed by atoms with van der Waals surface area (Å²) in [5.74, 6) is 3.14. The van der Waals surface area contributed by atoms with Crippen molar-refractivity contribution >= 4 is 6.09 Å². The van der Waals surface area contributed by atoms with Crippen molar-refractivity contribution in [2.45, 2.75) is 57.6 Å². The van der Waals surface area contributed by atoms with Crippen LogP contribution in [0.5, 0.6) is 0 Å². The Morgan fingerprint density at radius 3 is 3.00 bits per heavy atom. The SMILES string of the molecule is CCCCCCC#CN1C(=O)O[C@@H]2Cc3ccccc3[C@@H]21. The van der Waals surface area contributed by atoms with Crippen molar-refractivity contribution in [3.63, 3.8) is 0 Å². The van der Waals surface area contributed by atoms with E-state index in [4.69, 9.17) is 4.74 Å². The smallest absolute Gasteiger partial charge is 0.422 e. The molecule has 0 aromatic heterocycles. The Morgan fingerprint density at radius 1 is 1.29 bits per heavy atom. The minimum absolute atomic E-state index is 0.0168. The van der Waals surface area contributed by atoms with Gasteiger partial charge in [-0.15, -0.1) is 0 Å². The molecule has 0 saturated carbocycles. The molecule has 0 unspecified atom stereocenters. The molecule has 1 aliphatic carbocycles. The van der Waals surface area contributed by atoms with E-state index in [9.17, 15) is 4.79 Å². The summed E-state index contributed by atoms with van der Waals surface area (Å²) in [5.41, 5.74) is 2.46. The number of hydrogen-bond donors (Lipinski definition) is 0. The van der Waals surface area contributed by atoms with Crippen molar-refractivity contribution in [3.8, 4) is 12.0 Å². The maximum atomic E-state index is 12.0. The molecule has 1 aromatic rings. The highest BCUT2D eigenvalue weighted by Crippen LogP contribution is 2.41. The van der Waals surface area contributed by atoms with E-state index < -0.39 is 0 Å². The highest BCUT2D eigenvalue weighted by atomic mass is 16.6. The van der Waals surface area contributed by atoms with E-state index in [2.05, 4.69) is 31.0 Å². The summed E-state index contributed by atoms with van der Waals surface area (Å²) in [6.07, 6.45) is 6.10. The molecule has 3 rings (SSSR count). The number of carbonyl (C=O) groups excluding carboxylic acids is 1. The van der Waals surface area contributed by atoms with Crippen LogP contribution < -0.4 is 0 Å². The molecule has 1 fully saturated rings. The molecular weight excluding hydrogens is 262 g/mol. The fraction of sp³-hybridized carbons (Fsp3) is 0.500. The zero-order chi connectivity index (χ0) is 14.7. The van der Waals surface area contributed by atoms with Crippen molar-refractivity contribution < 1.29 is 9.53 Å². The van der Waals surface area contributed by atoms with Crippen LogP contribution in [0.4, 0.5) is 4.79 Å². The molecule has 0 spiro atoms. The quantitative estimate of drug-likeness (QED) is 0.616. The third-order valence-corrected chi connectivity index (χ3v) is 4.23. The first-order valence-corrected chi connectivity index (χ1v) is 7.87. The molecule has 1 heterocycles. The average molecular weight is 283 g/mol. The maximum absolute atomic E-state index is 12.0. The van der Waals surface area contributed by atoms with Crippen LogP contribution in [0, 0.1) is 12.0 Å². The molecule has 1 amide bonds. The highest BCUT2D eigenvalue weighted by molar-refractivity contribution is 5.74. The van der Waals surface area contributed by atoms with Crippen molar-refractivity contribution in [1.29, 1.82) is 0 Å². The Balaban J connectivity index is 1.68. The van der Waals surface area contributed by atoms with E-state index in [0.717, 1.165) is 19.3 Å². The molecule has 1 aliphatic heterocycles. The van der Waals surface area contributed by atoms with E-state index in [1.165, 1.54) is 30.4 Å². The molecule has 110 valence electrons. The van der Waals surface area contributed by atoms with Crippen LogP contribution >= 0.6 is 0 Å². The number of benzene rings is 1. The predicted octanol–water partition coefficient (Wildman–Crippen LogP) is 4.04. The number of hydrogen-bond acceptors (Lipinski definition) is 2. The van der Waals surface area contributed by atoms with Gasteiger partial charge in [0.25, 0.3) is 0 Å². The zero-order valence-corrected chi connectivity index (χ0v) is 12.5. The van der Waals surface area contributed by atoms with Gasteiger partial charge in [-0.05, 0) is 17.5 Å². The third-order valence-electron chi connectivity index (χ3n) is 4.23. The zero-order valence-electron chi connectivity index (χ0n) is 12.5. The van der Waals surface area contributed by atoms with Crippen LogP contribution in [0.1, 0.15) is 56.2 Å². The minimum Gasteiger partial charge on any atom is -0.442 e. The molecule has 2 aliphatic rings. The molecule has 1 saturated heterocycles. The van der Waals surface area contributed by atoms with Gasteiger partial charge in [0, 0.05) is 18.9 Å². The van der Waals surface area contributed by atoms with Crippen LogP contribution in [-0.4, -0.2) is 17.1 Å². The summed E-state index contributed by atoms with van der Waals surface area (Å²) in [6.45, 7) is 2.20. The molecule has 3 nitrogen and oxygen atoms in total. The monoisotopic (exact) mass is 283 g/mol. The number of unbranched alkanes of at least 4 members (excludes halogenated alkanes) is 4. The number of amides is 1. The molecular formula is C18H21NO2. The molecule has 0 radical (unpaired) electrons. The minimum atomic E-state index is -0.291. The molecule has 0 bridgehead atoms. The number of rotatable bonds is 4. The molecule has 21 heavy (non-hydrogen) atoms. The fourth-order valence-electron chi connectivity index (χ4n) is 3.15. The van der Waals surface area contributed by atoms with Gasteiger partial charge in [-0.1, -0.05) is 56.4 Å². The van der Waals surface area contributed by atoms with Gasteiger partial charge in [0.2, 0.25) is 0 Å². The third kappa shape index (κ3) is 2.76. The highest BCUT2D eigenvalue weighted by Gasteiger charge is 2.47. The summed E-state index contributed by atoms with van der Waals surface area (Å²) >= 11 is 0. The van der Waals surface area contributed by atoms with Gasteiger partial charge in [-0.3, -0.25) is 0 Å². The topological polar surface area (TPSA) is 29.5 Å². The first kappa shape index (κ1) is 14.0. The van der Waals surface area contributed by atoms with Gasteiger partial charge in [0.05, 0.1) is 0 Å². The van der Waals surface area contributed by atoms with Crippen molar-refractivity contribution in [3.05, 3.63) is 35.4 Å². The Kier molecular flexibility index (Phi) is 4.15. The van der Waals surface area contributed by atoms with Crippen LogP contribution in [0.3, 0.4) is 0 Å². The van der Waals surface area contributed by atoms with Crippen LogP contribution in [-0.2, 0) is 11.2 Å². The number of carbonyl (C=O) groups is 1. The maximum Gasteiger partial charge on any atom is 0.422 e. The van der Waals surface area contributed by atoms with Gasteiger partial charge in [0.1, 0.15) is 12.1 Å². The number of ether oxygens (including phenoxy) is 1. The second-order valence-corrected chi connectivity index (χ2v) is 5.74. The molecule has 1 aromatic carbocycles.